The van der Waals surface area contributed by atoms with Gasteiger partial charge in [-0.3, -0.25) is 0 Å². The molecule has 0 spiro atoms. The fraction of sp³-hybridized carbons (Fsp3) is 0.250. The monoisotopic (exact) mass is 396 g/mol. The highest BCUT2D eigenvalue weighted by Crippen LogP contribution is 2.40. The Morgan fingerprint density at radius 1 is 1.20 bits per heavy atom. The molecule has 0 saturated carbocycles. The molecule has 0 saturated heterocycles. The van der Waals surface area contributed by atoms with Crippen LogP contribution in [0.25, 0.3) is 0 Å². The van der Waals surface area contributed by atoms with Crippen LogP contribution in [-0.4, -0.2) is 11.7 Å². The fourth-order valence-corrected chi connectivity index (χ4v) is 3.55. The summed E-state index contributed by atoms with van der Waals surface area (Å²) in [6, 6.07) is 9.90. The molecule has 2 aromatic rings. The molecule has 104 valence electrons. The largest absolute Gasteiger partial charge is 0.493 e. The Balaban J connectivity index is 2.11. The summed E-state index contributed by atoms with van der Waals surface area (Å²) < 4.78 is 7.62. The molecule has 1 atom stereocenters. The first-order valence-corrected chi connectivity index (χ1v) is 8.04. The average Bonchev–Trinajstić information content (AvgIpc) is 2.88. The summed E-state index contributed by atoms with van der Waals surface area (Å²) in [5, 5.41) is 10.8. The van der Waals surface area contributed by atoms with Crippen LogP contribution in [0.4, 0.5) is 0 Å². The van der Waals surface area contributed by atoms with Gasteiger partial charge in [-0.1, -0.05) is 50.1 Å². The maximum Gasteiger partial charge on any atom is 0.128 e. The molecule has 0 radical (unpaired) electrons. The Bertz CT molecular complexity index is 668. The summed E-state index contributed by atoms with van der Waals surface area (Å²) in [6.07, 6.45) is 0.192. The van der Waals surface area contributed by atoms with Crippen molar-refractivity contribution in [1.82, 2.24) is 0 Å². The highest BCUT2D eigenvalue weighted by molar-refractivity contribution is 9.10. The minimum absolute atomic E-state index is 0.681. The van der Waals surface area contributed by atoms with Crippen molar-refractivity contribution in [3.8, 4) is 5.75 Å². The Morgan fingerprint density at radius 3 is 2.80 bits per heavy atom. The molecule has 3 rings (SSSR count). The van der Waals surface area contributed by atoms with Crippen molar-refractivity contribution in [3.63, 3.8) is 0 Å². The molecule has 1 unspecified atom stereocenters. The molecule has 1 N–H and O–H groups in total. The second-order valence-electron chi connectivity index (χ2n) is 4.96. The lowest BCUT2D eigenvalue weighted by atomic mass is 9.97. The van der Waals surface area contributed by atoms with E-state index >= 15 is 0 Å². The second kappa shape index (κ2) is 5.51. The van der Waals surface area contributed by atoms with E-state index in [2.05, 4.69) is 37.9 Å². The molecule has 20 heavy (non-hydrogen) atoms. The third-order valence-electron chi connectivity index (χ3n) is 3.59. The van der Waals surface area contributed by atoms with Crippen LogP contribution in [-0.2, 0) is 6.42 Å². The first-order chi connectivity index (χ1) is 9.58. The number of fused-ring (bicyclic) bond motifs is 1. The van der Waals surface area contributed by atoms with Crippen molar-refractivity contribution in [1.29, 1.82) is 0 Å². The SMILES string of the molecule is Cc1cccc(C(O)c2cc(Br)cc3c2OCC3)c1Br. The van der Waals surface area contributed by atoms with Gasteiger partial charge in [0.1, 0.15) is 11.9 Å². The predicted octanol–water partition coefficient (Wildman–Crippen LogP) is 4.54. The fourth-order valence-electron chi connectivity index (χ4n) is 2.55. The van der Waals surface area contributed by atoms with E-state index in [9.17, 15) is 5.11 Å². The molecule has 4 heteroatoms. The zero-order chi connectivity index (χ0) is 14.3. The van der Waals surface area contributed by atoms with Crippen LogP contribution in [0.15, 0.2) is 39.3 Å². The maximum absolute atomic E-state index is 10.8. The topological polar surface area (TPSA) is 29.5 Å². The van der Waals surface area contributed by atoms with Gasteiger partial charge >= 0.3 is 0 Å². The molecule has 0 fully saturated rings. The third kappa shape index (κ3) is 2.41. The van der Waals surface area contributed by atoms with E-state index in [4.69, 9.17) is 4.74 Å². The predicted molar refractivity (Wildman–Crippen MR) is 86.3 cm³/mol. The lowest BCUT2D eigenvalue weighted by Crippen LogP contribution is -2.04. The van der Waals surface area contributed by atoms with Gasteiger partial charge in [0.2, 0.25) is 0 Å². The van der Waals surface area contributed by atoms with E-state index in [-0.39, 0.29) is 0 Å². The Labute approximate surface area is 135 Å². The number of rotatable bonds is 2. The molecular formula is C16H14Br2O2. The number of halogens is 2. The van der Waals surface area contributed by atoms with Gasteiger partial charge in [-0.05, 0) is 35.7 Å². The van der Waals surface area contributed by atoms with Gasteiger partial charge in [0.25, 0.3) is 0 Å². The number of ether oxygens (including phenoxy) is 1. The van der Waals surface area contributed by atoms with Crippen LogP contribution < -0.4 is 4.74 Å². The number of aliphatic hydroxyl groups is 1. The van der Waals surface area contributed by atoms with Gasteiger partial charge in [-0.25, -0.2) is 0 Å². The molecule has 2 aromatic carbocycles. The zero-order valence-corrected chi connectivity index (χ0v) is 14.2. The van der Waals surface area contributed by atoms with Crippen LogP contribution in [0.1, 0.15) is 28.4 Å². The second-order valence-corrected chi connectivity index (χ2v) is 6.67. The van der Waals surface area contributed by atoms with E-state index < -0.39 is 6.10 Å². The number of hydrogen-bond donors (Lipinski definition) is 1. The Hall–Kier alpha value is -0.840. The van der Waals surface area contributed by atoms with Crippen LogP contribution in [0.5, 0.6) is 5.75 Å². The summed E-state index contributed by atoms with van der Waals surface area (Å²) in [4.78, 5) is 0. The van der Waals surface area contributed by atoms with Crippen molar-refractivity contribution in [2.75, 3.05) is 6.61 Å². The van der Waals surface area contributed by atoms with Gasteiger partial charge < -0.3 is 9.84 Å². The van der Waals surface area contributed by atoms with Crippen molar-refractivity contribution in [3.05, 3.63) is 61.5 Å². The quantitative estimate of drug-likeness (QED) is 0.806. The lowest BCUT2D eigenvalue weighted by Gasteiger charge is -2.18. The molecule has 1 heterocycles. The average molecular weight is 398 g/mol. The molecule has 0 amide bonds. The molecule has 1 aliphatic rings. The number of benzene rings is 2. The van der Waals surface area contributed by atoms with E-state index in [0.29, 0.717) is 6.61 Å². The van der Waals surface area contributed by atoms with Gasteiger partial charge in [-0.2, -0.15) is 0 Å². The Morgan fingerprint density at radius 2 is 2.00 bits per heavy atom. The first-order valence-electron chi connectivity index (χ1n) is 6.46. The summed E-state index contributed by atoms with van der Waals surface area (Å²) in [6.45, 7) is 2.70. The van der Waals surface area contributed by atoms with Crippen molar-refractivity contribution < 1.29 is 9.84 Å². The molecular weight excluding hydrogens is 384 g/mol. The molecule has 0 bridgehead atoms. The van der Waals surface area contributed by atoms with Crippen molar-refractivity contribution in [2.24, 2.45) is 0 Å². The van der Waals surface area contributed by atoms with Gasteiger partial charge in [0, 0.05) is 20.9 Å². The summed E-state index contributed by atoms with van der Waals surface area (Å²) >= 11 is 7.08. The number of hydrogen-bond acceptors (Lipinski definition) is 2. The van der Waals surface area contributed by atoms with Crippen molar-refractivity contribution in [2.45, 2.75) is 19.4 Å². The van der Waals surface area contributed by atoms with Crippen LogP contribution >= 0.6 is 31.9 Å². The normalized spacial score (nSPS) is 14.8. The maximum atomic E-state index is 10.8. The van der Waals surface area contributed by atoms with Gasteiger partial charge in [0.15, 0.2) is 0 Å². The smallest absolute Gasteiger partial charge is 0.128 e. The van der Waals surface area contributed by atoms with E-state index in [1.165, 1.54) is 0 Å². The standard InChI is InChI=1S/C16H14Br2O2/c1-9-3-2-4-12(14(9)18)15(19)13-8-11(17)7-10-5-6-20-16(10)13/h2-4,7-8,15,19H,5-6H2,1H3. The number of aliphatic hydroxyl groups excluding tert-OH is 1. The zero-order valence-electron chi connectivity index (χ0n) is 11.0. The summed E-state index contributed by atoms with van der Waals surface area (Å²) in [7, 11) is 0. The van der Waals surface area contributed by atoms with Gasteiger partial charge in [-0.15, -0.1) is 0 Å². The van der Waals surface area contributed by atoms with Gasteiger partial charge in [0.05, 0.1) is 6.61 Å². The minimum atomic E-state index is -0.700. The van der Waals surface area contributed by atoms with E-state index in [0.717, 1.165) is 43.4 Å². The van der Waals surface area contributed by atoms with E-state index in [1.54, 1.807) is 0 Å². The first kappa shape index (κ1) is 14.1. The molecule has 1 aliphatic heterocycles. The highest BCUT2D eigenvalue weighted by atomic mass is 79.9. The molecule has 0 aliphatic carbocycles. The van der Waals surface area contributed by atoms with Crippen LogP contribution in [0.3, 0.4) is 0 Å². The summed E-state index contributed by atoms with van der Waals surface area (Å²) in [5.74, 6) is 0.828. The van der Waals surface area contributed by atoms with Crippen LogP contribution in [0, 0.1) is 6.92 Å². The molecule has 2 nitrogen and oxygen atoms in total. The third-order valence-corrected chi connectivity index (χ3v) is 5.13. The highest BCUT2D eigenvalue weighted by Gasteiger charge is 2.24. The van der Waals surface area contributed by atoms with Crippen LogP contribution in [0.2, 0.25) is 0 Å². The summed E-state index contributed by atoms with van der Waals surface area (Å²) in [5.41, 5.74) is 3.94. The van der Waals surface area contributed by atoms with Crippen molar-refractivity contribution >= 4 is 31.9 Å². The molecule has 0 aromatic heterocycles. The minimum Gasteiger partial charge on any atom is -0.493 e. The van der Waals surface area contributed by atoms with E-state index in [1.807, 2.05) is 31.2 Å². The Kier molecular flexibility index (Phi) is 3.89. The lowest BCUT2D eigenvalue weighted by molar-refractivity contribution is 0.213. The number of aryl methyl sites for hydroxylation is 1.